The van der Waals surface area contributed by atoms with Crippen LogP contribution in [0.15, 0.2) is 53.2 Å². The van der Waals surface area contributed by atoms with E-state index < -0.39 is 0 Å². The Hall–Kier alpha value is -3.25. The number of rotatable bonds is 9. The van der Waals surface area contributed by atoms with E-state index in [4.69, 9.17) is 18.6 Å². The smallest absolute Gasteiger partial charge is 0.244 e. The number of carbonyl (C=O) groups is 1. The van der Waals surface area contributed by atoms with Crippen molar-refractivity contribution in [2.75, 3.05) is 34.0 Å². The zero-order valence-electron chi connectivity index (χ0n) is 17.8. The second-order valence-corrected chi connectivity index (χ2v) is 6.77. The molecule has 6 heteroatoms. The average Bonchev–Trinajstić information content (AvgIpc) is 3.16. The van der Waals surface area contributed by atoms with Crippen LogP contribution in [0.1, 0.15) is 19.4 Å². The maximum Gasteiger partial charge on any atom is 0.244 e. The Morgan fingerprint density at radius 2 is 2.03 bits per heavy atom. The highest BCUT2D eigenvalue weighted by Crippen LogP contribution is 2.38. The molecule has 0 fully saturated rings. The van der Waals surface area contributed by atoms with Crippen LogP contribution in [0.3, 0.4) is 0 Å². The number of amides is 1. The second-order valence-electron chi connectivity index (χ2n) is 6.77. The predicted molar refractivity (Wildman–Crippen MR) is 118 cm³/mol. The average molecular weight is 409 g/mol. The van der Waals surface area contributed by atoms with Gasteiger partial charge in [-0.3, -0.25) is 4.79 Å². The highest BCUT2D eigenvalue weighted by Gasteiger charge is 2.15. The zero-order chi connectivity index (χ0) is 21.5. The summed E-state index contributed by atoms with van der Waals surface area (Å²) in [6, 6.07) is 11.7. The molecule has 0 radical (unpaired) electrons. The lowest BCUT2D eigenvalue weighted by Crippen LogP contribution is -2.25. The molecule has 0 aliphatic rings. The van der Waals surface area contributed by atoms with Crippen molar-refractivity contribution in [3.8, 4) is 22.6 Å². The van der Waals surface area contributed by atoms with Crippen molar-refractivity contribution in [3.05, 3.63) is 54.3 Å². The molecule has 0 atom stereocenters. The molecule has 2 aromatic carbocycles. The van der Waals surface area contributed by atoms with Crippen molar-refractivity contribution >= 4 is 22.4 Å². The minimum atomic E-state index is -0.174. The fraction of sp³-hybridized carbons (Fsp3) is 0.292. The Morgan fingerprint density at radius 3 is 2.77 bits per heavy atom. The molecule has 158 valence electrons. The molecule has 1 N–H and O–H groups in total. The molecule has 0 bridgehead atoms. The molecular weight excluding hydrogens is 382 g/mol. The van der Waals surface area contributed by atoms with E-state index >= 15 is 0 Å². The van der Waals surface area contributed by atoms with Gasteiger partial charge in [-0.1, -0.05) is 12.1 Å². The van der Waals surface area contributed by atoms with Crippen LogP contribution in [0.5, 0.6) is 11.5 Å². The minimum Gasteiger partial charge on any atom is -0.497 e. The largest absolute Gasteiger partial charge is 0.497 e. The SMILES string of the molecule is CCOc1cc2occ(-c3cccc(OC)c3)c2cc1/C(C)=C/C(=O)NCCOC. The third kappa shape index (κ3) is 4.83. The second kappa shape index (κ2) is 9.98. The van der Waals surface area contributed by atoms with Gasteiger partial charge in [0.2, 0.25) is 5.91 Å². The van der Waals surface area contributed by atoms with E-state index in [0.29, 0.717) is 25.5 Å². The first-order chi connectivity index (χ1) is 14.6. The van der Waals surface area contributed by atoms with Gasteiger partial charge < -0.3 is 23.9 Å². The summed E-state index contributed by atoms with van der Waals surface area (Å²) in [6.45, 7) is 5.25. The zero-order valence-corrected chi connectivity index (χ0v) is 17.8. The third-order valence-corrected chi connectivity index (χ3v) is 4.73. The summed E-state index contributed by atoms with van der Waals surface area (Å²) in [5.41, 5.74) is 4.30. The maximum absolute atomic E-state index is 12.2. The first kappa shape index (κ1) is 21.5. The Balaban J connectivity index is 2.04. The van der Waals surface area contributed by atoms with Crippen LogP contribution in [0, 0.1) is 0 Å². The van der Waals surface area contributed by atoms with Gasteiger partial charge in [0.15, 0.2) is 0 Å². The number of fused-ring (bicyclic) bond motifs is 1. The van der Waals surface area contributed by atoms with Gasteiger partial charge in [-0.25, -0.2) is 0 Å². The lowest BCUT2D eigenvalue weighted by Gasteiger charge is -2.12. The van der Waals surface area contributed by atoms with Gasteiger partial charge in [-0.15, -0.1) is 0 Å². The molecule has 0 saturated carbocycles. The van der Waals surface area contributed by atoms with E-state index in [9.17, 15) is 4.79 Å². The van der Waals surface area contributed by atoms with Gasteiger partial charge in [0, 0.05) is 42.3 Å². The molecule has 3 rings (SSSR count). The first-order valence-electron chi connectivity index (χ1n) is 9.85. The van der Waals surface area contributed by atoms with Crippen molar-refractivity contribution in [3.63, 3.8) is 0 Å². The van der Waals surface area contributed by atoms with Crippen LogP contribution in [0.2, 0.25) is 0 Å². The Labute approximate surface area is 176 Å². The van der Waals surface area contributed by atoms with E-state index in [-0.39, 0.29) is 5.91 Å². The molecule has 0 aliphatic heterocycles. The van der Waals surface area contributed by atoms with Gasteiger partial charge in [-0.2, -0.15) is 0 Å². The summed E-state index contributed by atoms with van der Waals surface area (Å²) in [5.74, 6) is 1.28. The van der Waals surface area contributed by atoms with Gasteiger partial charge in [0.1, 0.15) is 17.1 Å². The monoisotopic (exact) mass is 409 g/mol. The first-order valence-corrected chi connectivity index (χ1v) is 9.85. The van der Waals surface area contributed by atoms with Crippen molar-refractivity contribution in [2.24, 2.45) is 0 Å². The van der Waals surface area contributed by atoms with E-state index in [1.807, 2.05) is 50.2 Å². The van der Waals surface area contributed by atoms with Gasteiger partial charge in [-0.05, 0) is 43.2 Å². The molecule has 3 aromatic rings. The number of benzene rings is 2. The molecule has 1 heterocycles. The number of hydrogen-bond donors (Lipinski definition) is 1. The van der Waals surface area contributed by atoms with Gasteiger partial charge in [0.05, 0.1) is 26.6 Å². The molecule has 0 spiro atoms. The third-order valence-electron chi connectivity index (χ3n) is 4.73. The molecule has 0 unspecified atom stereocenters. The van der Waals surface area contributed by atoms with Crippen molar-refractivity contribution in [2.45, 2.75) is 13.8 Å². The van der Waals surface area contributed by atoms with Crippen LogP contribution in [-0.4, -0.2) is 39.9 Å². The summed E-state index contributed by atoms with van der Waals surface area (Å²) in [5, 5.41) is 3.74. The standard InChI is InChI=1S/C24H27NO5/c1-5-29-22-14-23-20(13-19(22)16(2)11-24(26)25-9-10-27-3)21(15-30-23)17-7-6-8-18(12-17)28-4/h6-8,11-15H,5,9-10H2,1-4H3,(H,25,26)/b16-11+. The topological polar surface area (TPSA) is 69.9 Å². The lowest BCUT2D eigenvalue weighted by atomic mass is 9.99. The molecule has 1 aromatic heterocycles. The van der Waals surface area contributed by atoms with E-state index in [2.05, 4.69) is 5.32 Å². The van der Waals surface area contributed by atoms with Gasteiger partial charge >= 0.3 is 0 Å². The molecular formula is C24H27NO5. The van der Waals surface area contributed by atoms with Crippen molar-refractivity contribution in [1.29, 1.82) is 0 Å². The molecule has 6 nitrogen and oxygen atoms in total. The minimum absolute atomic E-state index is 0.174. The Kier molecular flexibility index (Phi) is 7.14. The summed E-state index contributed by atoms with van der Waals surface area (Å²) in [4.78, 5) is 12.2. The van der Waals surface area contributed by atoms with E-state index in [1.165, 1.54) is 0 Å². The van der Waals surface area contributed by atoms with Crippen molar-refractivity contribution in [1.82, 2.24) is 5.32 Å². The summed E-state index contributed by atoms with van der Waals surface area (Å²) in [6.07, 6.45) is 3.31. The molecule has 1 amide bonds. The fourth-order valence-electron chi connectivity index (χ4n) is 3.25. The summed E-state index contributed by atoms with van der Waals surface area (Å²) in [7, 11) is 3.24. The number of methoxy groups -OCH3 is 2. The number of carbonyl (C=O) groups excluding carboxylic acids is 1. The van der Waals surface area contributed by atoms with Gasteiger partial charge in [0.25, 0.3) is 0 Å². The molecule has 0 aliphatic carbocycles. The number of hydrogen-bond acceptors (Lipinski definition) is 5. The summed E-state index contributed by atoms with van der Waals surface area (Å²) < 4.78 is 22.0. The number of furan rings is 1. The normalized spacial score (nSPS) is 11.5. The van der Waals surface area contributed by atoms with E-state index in [0.717, 1.165) is 39.0 Å². The van der Waals surface area contributed by atoms with Crippen LogP contribution >= 0.6 is 0 Å². The number of ether oxygens (including phenoxy) is 3. The maximum atomic E-state index is 12.2. The lowest BCUT2D eigenvalue weighted by molar-refractivity contribution is -0.116. The highest BCUT2D eigenvalue weighted by atomic mass is 16.5. The molecule has 0 saturated heterocycles. The predicted octanol–water partition coefficient (Wildman–Crippen LogP) is 4.67. The highest BCUT2D eigenvalue weighted by molar-refractivity contribution is 6.00. The van der Waals surface area contributed by atoms with Crippen LogP contribution in [0.25, 0.3) is 27.7 Å². The Morgan fingerprint density at radius 1 is 1.20 bits per heavy atom. The fourth-order valence-corrected chi connectivity index (χ4v) is 3.25. The Bertz CT molecular complexity index is 1050. The van der Waals surface area contributed by atoms with Crippen LogP contribution < -0.4 is 14.8 Å². The van der Waals surface area contributed by atoms with Crippen molar-refractivity contribution < 1.29 is 23.4 Å². The quantitative estimate of drug-likeness (QED) is 0.411. The van der Waals surface area contributed by atoms with E-state index in [1.54, 1.807) is 26.6 Å². The summed E-state index contributed by atoms with van der Waals surface area (Å²) >= 11 is 0. The van der Waals surface area contributed by atoms with Crippen LogP contribution in [-0.2, 0) is 9.53 Å². The number of nitrogens with one attached hydrogen (secondary N) is 1. The number of allylic oxidation sites excluding steroid dienone is 1. The molecule has 30 heavy (non-hydrogen) atoms. The van der Waals surface area contributed by atoms with Crippen LogP contribution in [0.4, 0.5) is 0 Å².